The van der Waals surface area contributed by atoms with E-state index < -0.39 is 0 Å². The summed E-state index contributed by atoms with van der Waals surface area (Å²) < 4.78 is 14.5. The van der Waals surface area contributed by atoms with Gasteiger partial charge in [-0.2, -0.15) is 0 Å². The third kappa shape index (κ3) is 4.46. The van der Waals surface area contributed by atoms with Gasteiger partial charge >= 0.3 is 0 Å². The number of hydrogen-bond donors (Lipinski definition) is 2. The van der Waals surface area contributed by atoms with E-state index in [0.717, 1.165) is 18.7 Å². The zero-order valence-corrected chi connectivity index (χ0v) is 14.7. The summed E-state index contributed by atoms with van der Waals surface area (Å²) in [7, 11) is 0. The van der Waals surface area contributed by atoms with Crippen LogP contribution in [0, 0.1) is 17.7 Å². The zero-order valence-electron chi connectivity index (χ0n) is 13.9. The van der Waals surface area contributed by atoms with Crippen molar-refractivity contribution < 1.29 is 9.18 Å². The molecule has 0 aliphatic carbocycles. The van der Waals surface area contributed by atoms with Crippen LogP contribution in [0.5, 0.6) is 0 Å². The maximum absolute atomic E-state index is 13.0. The first-order chi connectivity index (χ1) is 11.5. The Hall–Kier alpha value is -2.18. The predicted molar refractivity (Wildman–Crippen MR) is 97.6 cm³/mol. The van der Waals surface area contributed by atoms with Crippen molar-refractivity contribution in [1.29, 1.82) is 0 Å². The number of aromatic nitrogens is 1. The second kappa shape index (κ2) is 8.27. The molecule has 1 aromatic heterocycles. The predicted octanol–water partition coefficient (Wildman–Crippen LogP) is 2.25. The third-order valence-electron chi connectivity index (χ3n) is 4.48. The first-order valence-electron chi connectivity index (χ1n) is 8.00. The van der Waals surface area contributed by atoms with E-state index in [4.69, 9.17) is 0 Å². The highest BCUT2D eigenvalue weighted by Gasteiger charge is 2.29. The number of hydrogen-bond acceptors (Lipinski definition) is 3. The molecule has 1 aromatic carbocycles. The van der Waals surface area contributed by atoms with Crippen LogP contribution in [0.2, 0.25) is 0 Å². The number of carbonyl (C=O) groups is 1. The van der Waals surface area contributed by atoms with Crippen molar-refractivity contribution in [2.24, 2.45) is 11.8 Å². The van der Waals surface area contributed by atoms with E-state index in [-0.39, 0.29) is 41.3 Å². The van der Waals surface area contributed by atoms with Crippen molar-refractivity contribution in [3.63, 3.8) is 0 Å². The number of rotatable bonds is 5. The van der Waals surface area contributed by atoms with Gasteiger partial charge in [-0.05, 0) is 48.8 Å². The molecule has 5 nitrogen and oxygen atoms in total. The molecule has 0 saturated carbocycles. The number of carbonyl (C=O) groups excluding carboxylic acids is 1. The van der Waals surface area contributed by atoms with Gasteiger partial charge in [0, 0.05) is 12.1 Å². The summed E-state index contributed by atoms with van der Waals surface area (Å²) in [5, 5.41) is 5.87. The summed E-state index contributed by atoms with van der Waals surface area (Å²) in [5.41, 5.74) is 0.814. The van der Waals surface area contributed by atoms with Crippen LogP contribution < -0.4 is 16.2 Å². The van der Waals surface area contributed by atoms with Crippen LogP contribution in [0.4, 0.5) is 10.1 Å². The molecule has 0 radical (unpaired) electrons. The highest BCUT2D eigenvalue weighted by molar-refractivity contribution is 5.92. The molecule has 2 heterocycles. The van der Waals surface area contributed by atoms with E-state index in [9.17, 15) is 14.0 Å². The van der Waals surface area contributed by atoms with Crippen LogP contribution in [0.3, 0.4) is 0 Å². The van der Waals surface area contributed by atoms with Crippen molar-refractivity contribution in [1.82, 2.24) is 9.88 Å². The minimum absolute atomic E-state index is 0. The first-order valence-corrected chi connectivity index (χ1v) is 8.00. The lowest BCUT2D eigenvalue weighted by atomic mass is 9.88. The molecule has 3 rings (SSSR count). The topological polar surface area (TPSA) is 63.1 Å². The summed E-state index contributed by atoms with van der Waals surface area (Å²) in [5.74, 6) is -0.281. The molecule has 1 unspecified atom stereocenters. The Bertz CT molecular complexity index is 788. The van der Waals surface area contributed by atoms with E-state index >= 15 is 0 Å². The molecule has 1 fully saturated rings. The molecule has 1 atom stereocenters. The number of halogens is 2. The molecule has 134 valence electrons. The van der Waals surface area contributed by atoms with E-state index in [1.807, 2.05) is 6.92 Å². The average molecular weight is 366 g/mol. The molecule has 0 spiro atoms. The average Bonchev–Trinajstić information content (AvgIpc) is 2.51. The van der Waals surface area contributed by atoms with Crippen LogP contribution in [-0.4, -0.2) is 23.6 Å². The lowest BCUT2D eigenvalue weighted by Crippen LogP contribution is -2.48. The normalized spacial score (nSPS) is 15.0. The molecule has 25 heavy (non-hydrogen) atoms. The minimum atomic E-state index is -0.313. The van der Waals surface area contributed by atoms with Gasteiger partial charge in [-0.25, -0.2) is 4.39 Å². The van der Waals surface area contributed by atoms with Crippen molar-refractivity contribution >= 4 is 24.0 Å². The Balaban J connectivity index is 0.00000225. The summed E-state index contributed by atoms with van der Waals surface area (Å²) in [4.78, 5) is 24.8. The molecule has 0 bridgehead atoms. The van der Waals surface area contributed by atoms with Gasteiger partial charge in [-0.3, -0.25) is 9.59 Å². The maximum Gasteiger partial charge on any atom is 0.274 e. The molecule has 1 aliphatic heterocycles. The summed E-state index contributed by atoms with van der Waals surface area (Å²) in [6.45, 7) is 3.86. The van der Waals surface area contributed by atoms with Crippen LogP contribution >= 0.6 is 12.4 Å². The van der Waals surface area contributed by atoms with Crippen LogP contribution in [-0.2, 0) is 11.3 Å². The summed E-state index contributed by atoms with van der Waals surface area (Å²) in [6, 6.07) is 9.32. The fourth-order valence-corrected chi connectivity index (χ4v) is 2.67. The number of pyridine rings is 1. The monoisotopic (exact) mass is 365 g/mol. The van der Waals surface area contributed by atoms with E-state index in [0.29, 0.717) is 12.5 Å². The smallest absolute Gasteiger partial charge is 0.274 e. The number of benzene rings is 1. The van der Waals surface area contributed by atoms with Crippen molar-refractivity contribution in [2.45, 2.75) is 13.5 Å². The Morgan fingerprint density at radius 3 is 2.60 bits per heavy atom. The van der Waals surface area contributed by atoms with Crippen molar-refractivity contribution in [3.05, 3.63) is 64.3 Å². The molecule has 7 heteroatoms. The zero-order chi connectivity index (χ0) is 17.1. The molecule has 1 saturated heterocycles. The minimum Gasteiger partial charge on any atom is -0.321 e. The first kappa shape index (κ1) is 19.1. The van der Waals surface area contributed by atoms with Gasteiger partial charge in [0.1, 0.15) is 11.5 Å². The summed E-state index contributed by atoms with van der Waals surface area (Å²) >= 11 is 0. The lowest BCUT2D eigenvalue weighted by Gasteiger charge is -2.31. The van der Waals surface area contributed by atoms with Crippen LogP contribution in [0.15, 0.2) is 47.4 Å². The van der Waals surface area contributed by atoms with E-state index in [1.54, 1.807) is 30.5 Å². The fraction of sp³-hybridized carbons (Fsp3) is 0.333. The van der Waals surface area contributed by atoms with Crippen molar-refractivity contribution in [3.8, 4) is 0 Å². The standard InChI is InChI=1S/C18H20FN3O2.ClH/c1-12(14-9-20-10-14)17(23)21-16-3-2-8-22(18(16)24)11-13-4-6-15(19)7-5-13;/h2-8,12,14,20H,9-11H2,1H3,(H,21,23);1H. The Labute approximate surface area is 151 Å². The Kier molecular flexibility index (Phi) is 6.33. The van der Waals surface area contributed by atoms with Crippen LogP contribution in [0.25, 0.3) is 0 Å². The number of amides is 1. The number of anilines is 1. The molecule has 1 aliphatic rings. The van der Waals surface area contributed by atoms with Gasteiger partial charge in [0.05, 0.1) is 6.54 Å². The third-order valence-corrected chi connectivity index (χ3v) is 4.48. The highest BCUT2D eigenvalue weighted by Crippen LogP contribution is 2.17. The van der Waals surface area contributed by atoms with Gasteiger partial charge in [0.15, 0.2) is 0 Å². The quantitative estimate of drug-likeness (QED) is 0.854. The van der Waals surface area contributed by atoms with Gasteiger partial charge in [-0.1, -0.05) is 19.1 Å². The highest BCUT2D eigenvalue weighted by atomic mass is 35.5. The molecule has 2 aromatic rings. The summed E-state index contributed by atoms with van der Waals surface area (Å²) in [6.07, 6.45) is 1.65. The van der Waals surface area contributed by atoms with Gasteiger partial charge in [0.2, 0.25) is 5.91 Å². The Morgan fingerprint density at radius 1 is 1.32 bits per heavy atom. The SMILES string of the molecule is CC(C(=O)Nc1cccn(Cc2ccc(F)cc2)c1=O)C1CNC1.Cl. The second-order valence-electron chi connectivity index (χ2n) is 6.18. The van der Waals surface area contributed by atoms with Gasteiger partial charge < -0.3 is 15.2 Å². The van der Waals surface area contributed by atoms with Gasteiger partial charge in [-0.15, -0.1) is 12.4 Å². The maximum atomic E-state index is 13.0. The van der Waals surface area contributed by atoms with E-state index in [2.05, 4.69) is 10.6 Å². The van der Waals surface area contributed by atoms with E-state index in [1.165, 1.54) is 16.7 Å². The number of nitrogens with zero attached hydrogens (tertiary/aromatic N) is 1. The number of nitrogens with one attached hydrogen (secondary N) is 2. The molecular formula is C18H21ClFN3O2. The van der Waals surface area contributed by atoms with Gasteiger partial charge in [0.25, 0.3) is 5.56 Å². The van der Waals surface area contributed by atoms with Crippen molar-refractivity contribution in [2.75, 3.05) is 18.4 Å². The molecular weight excluding hydrogens is 345 g/mol. The fourth-order valence-electron chi connectivity index (χ4n) is 2.67. The molecule has 1 amide bonds. The van der Waals surface area contributed by atoms with Crippen LogP contribution in [0.1, 0.15) is 12.5 Å². The molecule has 2 N–H and O–H groups in total. The lowest BCUT2D eigenvalue weighted by molar-refractivity contribution is -0.121. The second-order valence-corrected chi connectivity index (χ2v) is 6.18. The largest absolute Gasteiger partial charge is 0.321 e. The Morgan fingerprint density at radius 2 is 2.00 bits per heavy atom.